The highest BCUT2D eigenvalue weighted by Gasteiger charge is 2.58. The maximum absolute atomic E-state index is 15.4. The van der Waals surface area contributed by atoms with E-state index in [0.717, 1.165) is 5.56 Å². The zero-order valence-electron chi connectivity index (χ0n) is 49.5. The normalized spacial score (nSPS) is 35.6. The van der Waals surface area contributed by atoms with Gasteiger partial charge in [0.25, 0.3) is 0 Å². The molecule has 0 spiro atoms. The van der Waals surface area contributed by atoms with Crippen molar-refractivity contribution in [2.75, 3.05) is 21.3 Å². The Morgan fingerprint density at radius 3 is 1.84 bits per heavy atom. The maximum Gasteiger partial charge on any atom is 0.410 e. The minimum atomic E-state index is -1.50. The Balaban J connectivity index is 1.34. The van der Waals surface area contributed by atoms with Gasteiger partial charge in [0.05, 0.1) is 64.8 Å². The van der Waals surface area contributed by atoms with Crippen molar-refractivity contribution in [3.63, 3.8) is 0 Å². The van der Waals surface area contributed by atoms with Gasteiger partial charge in [0.1, 0.15) is 18.3 Å². The van der Waals surface area contributed by atoms with Crippen LogP contribution in [0.25, 0.3) is 0 Å². The second-order valence-corrected chi connectivity index (χ2v) is 23.8. The first-order valence-electron chi connectivity index (χ1n) is 28.2. The molecular weight excluding hydrogens is 1030 g/mol. The summed E-state index contributed by atoms with van der Waals surface area (Å²) < 4.78 is 79.8. The lowest BCUT2D eigenvalue weighted by Gasteiger charge is -2.53. The summed E-state index contributed by atoms with van der Waals surface area (Å²) >= 11 is 0. The number of benzene rings is 3. The molecule has 4 fully saturated rings. The van der Waals surface area contributed by atoms with E-state index in [4.69, 9.17) is 56.8 Å². The zero-order valence-corrected chi connectivity index (χ0v) is 49.5. The maximum atomic E-state index is 15.4. The predicted molar refractivity (Wildman–Crippen MR) is 297 cm³/mol. The van der Waals surface area contributed by atoms with Gasteiger partial charge < -0.3 is 61.7 Å². The number of nitrogens with zero attached hydrogens (tertiary/aromatic N) is 1. The van der Waals surface area contributed by atoms with Crippen LogP contribution in [-0.2, 0) is 68.2 Å². The van der Waals surface area contributed by atoms with E-state index in [9.17, 15) is 14.4 Å². The summed E-state index contributed by atoms with van der Waals surface area (Å²) in [5, 5.41) is 0. The highest BCUT2D eigenvalue weighted by molar-refractivity contribution is 5.90. The Bertz CT molecular complexity index is 2560. The first-order valence-corrected chi connectivity index (χ1v) is 28.2. The van der Waals surface area contributed by atoms with Crippen LogP contribution in [0.4, 0.5) is 4.79 Å². The zero-order chi connectivity index (χ0) is 58.5. The molecule has 3 aromatic rings. The van der Waals surface area contributed by atoms with Crippen LogP contribution in [0.5, 0.6) is 0 Å². The van der Waals surface area contributed by atoms with Crippen molar-refractivity contribution in [1.29, 1.82) is 0 Å². The summed E-state index contributed by atoms with van der Waals surface area (Å²) in [6, 6.07) is 25.7. The molecule has 0 saturated carbocycles. The van der Waals surface area contributed by atoms with E-state index in [-0.39, 0.29) is 36.8 Å². The predicted octanol–water partition coefficient (Wildman–Crippen LogP) is 10.7. The van der Waals surface area contributed by atoms with Gasteiger partial charge in [-0.2, -0.15) is 0 Å². The molecule has 2 bridgehead atoms. The summed E-state index contributed by atoms with van der Waals surface area (Å²) in [7, 11) is 4.75. The molecule has 17 heteroatoms. The van der Waals surface area contributed by atoms with Crippen molar-refractivity contribution in [1.82, 2.24) is 4.90 Å². The van der Waals surface area contributed by atoms with Crippen LogP contribution in [0.2, 0.25) is 0 Å². The average molecular weight is 1110 g/mol. The molecule has 0 aromatic heterocycles. The van der Waals surface area contributed by atoms with Crippen LogP contribution >= 0.6 is 0 Å². The number of esters is 3. The van der Waals surface area contributed by atoms with E-state index in [2.05, 4.69) is 20.4 Å². The van der Waals surface area contributed by atoms with Crippen molar-refractivity contribution >= 4 is 24.0 Å². The Labute approximate surface area is 473 Å². The van der Waals surface area contributed by atoms with Crippen LogP contribution in [-0.4, -0.2) is 141 Å². The molecule has 440 valence electrons. The molecule has 0 N–H and O–H groups in total. The van der Waals surface area contributed by atoms with Gasteiger partial charge in [-0.15, -0.1) is 0 Å². The molecule has 4 aliphatic rings. The Morgan fingerprint density at radius 2 is 1.26 bits per heavy atom. The van der Waals surface area contributed by atoms with Crippen LogP contribution in [0.15, 0.2) is 103 Å². The number of carbonyl (C=O) groups excluding carboxylic acids is 4. The van der Waals surface area contributed by atoms with Crippen molar-refractivity contribution < 1.29 is 76.0 Å². The Hall–Kier alpha value is -5.24. The van der Waals surface area contributed by atoms with E-state index in [1.54, 1.807) is 96.6 Å². The molecule has 0 radical (unpaired) electrons. The van der Waals surface area contributed by atoms with E-state index in [1.807, 2.05) is 84.9 Å². The molecule has 2 unspecified atom stereocenters. The number of methoxy groups -OCH3 is 2. The van der Waals surface area contributed by atoms with Crippen molar-refractivity contribution in [2.45, 2.75) is 206 Å². The molecule has 17 atom stereocenters. The van der Waals surface area contributed by atoms with Crippen molar-refractivity contribution in [3.8, 4) is 0 Å². The number of hydrogen-bond acceptors (Lipinski definition) is 16. The highest BCUT2D eigenvalue weighted by atomic mass is 16.7. The Morgan fingerprint density at radius 1 is 0.700 bits per heavy atom. The summed E-state index contributed by atoms with van der Waals surface area (Å²) in [6.45, 7) is 27.2. The average Bonchev–Trinajstić information content (AvgIpc) is 3.44. The summed E-state index contributed by atoms with van der Waals surface area (Å²) in [4.78, 5) is 58.9. The summed E-state index contributed by atoms with van der Waals surface area (Å²) in [5.74, 6) is -4.21. The number of rotatable bonds is 14. The highest BCUT2D eigenvalue weighted by Crippen LogP contribution is 2.47. The monoisotopic (exact) mass is 1110 g/mol. The number of carbonyl (C=O) groups is 4. The fraction of sp³-hybridized carbons (Fsp3) is 0.619. The van der Waals surface area contributed by atoms with Gasteiger partial charge in [-0.25, -0.2) is 14.4 Å². The lowest BCUT2D eigenvalue weighted by Crippen LogP contribution is -2.63. The van der Waals surface area contributed by atoms with Crippen LogP contribution in [0.1, 0.15) is 135 Å². The number of cyclic esters (lactones) is 1. The summed E-state index contributed by atoms with van der Waals surface area (Å²) in [5.41, 5.74) is -1.88. The third-order valence-electron chi connectivity index (χ3n) is 16.9. The second-order valence-electron chi connectivity index (χ2n) is 23.8. The lowest BCUT2D eigenvalue weighted by molar-refractivity contribution is -0.331. The molecular formula is C63H87NO16. The quantitative estimate of drug-likeness (QED) is 0.0843. The first-order chi connectivity index (χ1) is 37.8. The molecule has 80 heavy (non-hydrogen) atoms. The van der Waals surface area contributed by atoms with Crippen molar-refractivity contribution in [2.24, 2.45) is 23.2 Å². The fourth-order valence-corrected chi connectivity index (χ4v) is 12.3. The fourth-order valence-electron chi connectivity index (χ4n) is 12.3. The number of amides is 1. The van der Waals surface area contributed by atoms with E-state index in [1.165, 1.54) is 4.90 Å². The standard InChI is InChI=1S/C63H87NO16/c1-17-47-39(4)50-40(5)49(79-61(10,11)80-50)37(2)34-62(12,69-15)53(41(6)52(60(8,9)58(67)74-47)75-48-35-63(13,70-16)54(42(7)73-48)77-56(66)45-31-25-20-26-32-45)78-57-51(76-55(65)44-29-23-19-24-30-44)46(33-38(3)72-57)64(14)59(68)71-36-43-27-21-18-22-28-43/h18-32,37-38,40-42,46-54,57H,4,17,33-36H2,1-3,5-16H3/t37-,38-,40+,41+,42+,46+,47?,48+,49+,50+,51-,52?,53-,54+,57+,62-,63-/m1/s1. The van der Waals surface area contributed by atoms with Crippen LogP contribution < -0.4 is 0 Å². The second kappa shape index (κ2) is 25.9. The molecule has 4 saturated heterocycles. The van der Waals surface area contributed by atoms with Gasteiger partial charge in [0, 0.05) is 39.5 Å². The molecule has 4 aliphatic heterocycles. The van der Waals surface area contributed by atoms with Gasteiger partial charge >= 0.3 is 24.0 Å². The van der Waals surface area contributed by atoms with E-state index in [0.29, 0.717) is 24.0 Å². The van der Waals surface area contributed by atoms with Gasteiger partial charge in [0.2, 0.25) is 0 Å². The van der Waals surface area contributed by atoms with E-state index >= 15 is 4.79 Å². The Kier molecular flexibility index (Phi) is 20.2. The largest absolute Gasteiger partial charge is 0.457 e. The van der Waals surface area contributed by atoms with Gasteiger partial charge in [-0.3, -0.25) is 4.79 Å². The third-order valence-corrected chi connectivity index (χ3v) is 16.9. The molecule has 7 rings (SSSR count). The third kappa shape index (κ3) is 14.0. The van der Waals surface area contributed by atoms with E-state index < -0.39 is 126 Å². The molecule has 17 nitrogen and oxygen atoms in total. The minimum Gasteiger partial charge on any atom is -0.457 e. The van der Waals surface area contributed by atoms with Gasteiger partial charge in [-0.05, 0) is 116 Å². The number of ether oxygens (including phenoxy) is 12. The van der Waals surface area contributed by atoms with Crippen LogP contribution in [0.3, 0.4) is 0 Å². The summed E-state index contributed by atoms with van der Waals surface area (Å²) in [6.07, 6.45) is -9.44. The topological polar surface area (TPSA) is 182 Å². The first kappa shape index (κ1) is 62.4. The lowest BCUT2D eigenvalue weighted by atomic mass is 9.71. The number of hydrogen-bond donors (Lipinski definition) is 0. The van der Waals surface area contributed by atoms with Crippen LogP contribution in [0, 0.1) is 23.2 Å². The molecule has 1 amide bonds. The SMILES string of the molecule is C=C1C(CC)OC(=O)C(C)(C)C(O[C@H]2C[C@@](C)(OC)[C@@H](OC(=O)c3ccccc3)[C@H](C)O2)[C@H](C)[C@@H](O[C@@H]2O[C@H](C)C[C@H](N(C)C(=O)OCc3ccccc3)[C@H]2OC(=O)c2ccccc2)[C@](C)(OC)C[C@@H](C)[C@@H]2OC(C)(C)O[C@@H]1[C@H]2C. The van der Waals surface area contributed by atoms with Gasteiger partial charge in [0.15, 0.2) is 30.6 Å². The molecule has 4 heterocycles. The van der Waals surface area contributed by atoms with Crippen molar-refractivity contribution in [3.05, 3.63) is 120 Å². The smallest absolute Gasteiger partial charge is 0.410 e. The van der Waals surface area contributed by atoms with Gasteiger partial charge in [-0.1, -0.05) is 101 Å². The molecule has 3 aromatic carbocycles. The minimum absolute atomic E-state index is 0.00770. The number of fused-ring (bicyclic) bond motifs is 2. The number of likely N-dealkylation sites (N-methyl/N-ethyl adjacent to an activating group) is 1. The molecule has 0 aliphatic carbocycles.